The number of fused-ring (bicyclic) bond motifs is 1. The second kappa shape index (κ2) is 12.6. The largest absolute Gasteiger partial charge is 0.497 e. The molecule has 3 N–H and O–H groups in total. The molecule has 1 aromatic heterocycles. The van der Waals surface area contributed by atoms with E-state index in [-0.39, 0.29) is 18.4 Å². The molecule has 36 heavy (non-hydrogen) atoms. The van der Waals surface area contributed by atoms with Crippen LogP contribution in [0.5, 0.6) is 5.75 Å². The third-order valence-corrected chi connectivity index (χ3v) is 9.52. The fourth-order valence-electron chi connectivity index (χ4n) is 5.96. The molecule has 1 aromatic carbocycles. The standard InChI is InChI=1S/C28H40N2O5S/c1-35-21-6-7-24-23(16-21)27(20(19-31)18-29-24)25(32)8-9-28(17-26(33)34)10-12-30(13-11-28)14-15-36-22-4-2-3-5-22/h6-7,16,18,22,25,31-32H,2-5,8-15,17,19H2,1H3,(H,33,34)/t25-/m1/s1. The first kappa shape index (κ1) is 27.2. The zero-order valence-electron chi connectivity index (χ0n) is 21.3. The summed E-state index contributed by atoms with van der Waals surface area (Å²) in [5, 5.41) is 32.5. The molecule has 1 aliphatic carbocycles. The van der Waals surface area contributed by atoms with Crippen LogP contribution in [0, 0.1) is 5.41 Å². The van der Waals surface area contributed by atoms with Gasteiger partial charge in [-0.3, -0.25) is 9.78 Å². The van der Waals surface area contributed by atoms with Crippen LogP contribution in [0.2, 0.25) is 0 Å². The maximum Gasteiger partial charge on any atom is 0.303 e. The first-order valence-electron chi connectivity index (χ1n) is 13.2. The Balaban J connectivity index is 1.41. The first-order valence-corrected chi connectivity index (χ1v) is 14.3. The van der Waals surface area contributed by atoms with Gasteiger partial charge in [-0.2, -0.15) is 11.8 Å². The van der Waals surface area contributed by atoms with Crippen molar-refractivity contribution in [3.8, 4) is 5.75 Å². The number of likely N-dealkylation sites (tertiary alicyclic amines) is 1. The molecule has 0 radical (unpaired) electrons. The van der Waals surface area contributed by atoms with Crippen LogP contribution in [0.3, 0.4) is 0 Å². The summed E-state index contributed by atoms with van der Waals surface area (Å²) in [7, 11) is 1.59. The normalized spacial score (nSPS) is 19.5. The molecule has 1 saturated heterocycles. The molecule has 2 fully saturated rings. The minimum Gasteiger partial charge on any atom is -0.497 e. The Hall–Kier alpha value is -1.87. The monoisotopic (exact) mass is 516 g/mol. The molecule has 7 nitrogen and oxygen atoms in total. The van der Waals surface area contributed by atoms with Crippen molar-refractivity contribution >= 4 is 28.6 Å². The highest BCUT2D eigenvalue weighted by Crippen LogP contribution is 2.42. The number of aromatic nitrogens is 1. The van der Waals surface area contributed by atoms with Gasteiger partial charge in [-0.1, -0.05) is 12.8 Å². The van der Waals surface area contributed by atoms with E-state index in [1.165, 1.54) is 25.7 Å². The summed E-state index contributed by atoms with van der Waals surface area (Å²) in [6, 6.07) is 5.51. The molecule has 0 bridgehead atoms. The van der Waals surface area contributed by atoms with Crippen molar-refractivity contribution < 1.29 is 24.9 Å². The number of benzene rings is 1. The lowest BCUT2D eigenvalue weighted by atomic mass is 9.71. The Bertz CT molecular complexity index is 1010. The molecule has 8 heteroatoms. The van der Waals surface area contributed by atoms with Gasteiger partial charge >= 0.3 is 5.97 Å². The molecule has 4 rings (SSSR count). The molecule has 2 heterocycles. The highest BCUT2D eigenvalue weighted by molar-refractivity contribution is 7.99. The lowest BCUT2D eigenvalue weighted by Gasteiger charge is -2.41. The van der Waals surface area contributed by atoms with Gasteiger partial charge in [-0.15, -0.1) is 0 Å². The average molecular weight is 517 g/mol. The van der Waals surface area contributed by atoms with Crippen molar-refractivity contribution in [3.63, 3.8) is 0 Å². The fraction of sp³-hybridized carbons (Fsp3) is 0.643. The number of piperidine rings is 1. The van der Waals surface area contributed by atoms with E-state index in [1.54, 1.807) is 13.3 Å². The lowest BCUT2D eigenvalue weighted by molar-refractivity contribution is -0.141. The van der Waals surface area contributed by atoms with Gasteiger partial charge < -0.3 is 25.0 Å². The van der Waals surface area contributed by atoms with Crippen LogP contribution in [-0.2, 0) is 11.4 Å². The number of thioether (sulfide) groups is 1. The summed E-state index contributed by atoms with van der Waals surface area (Å²) in [6.45, 7) is 2.66. The van der Waals surface area contributed by atoms with E-state index >= 15 is 0 Å². The molecular formula is C28H40N2O5S. The van der Waals surface area contributed by atoms with E-state index in [2.05, 4.69) is 21.6 Å². The van der Waals surface area contributed by atoms with Crippen LogP contribution >= 0.6 is 11.8 Å². The van der Waals surface area contributed by atoms with Gasteiger partial charge in [0, 0.05) is 34.7 Å². The van der Waals surface area contributed by atoms with Gasteiger partial charge in [0.05, 0.1) is 31.8 Å². The lowest BCUT2D eigenvalue weighted by Crippen LogP contribution is -2.42. The SMILES string of the molecule is COc1ccc2ncc(CO)c([C@H](O)CCC3(CC(=O)O)CCN(CCSC4CCCC4)CC3)c2c1. The van der Waals surface area contributed by atoms with E-state index in [0.717, 1.165) is 54.4 Å². The topological polar surface area (TPSA) is 103 Å². The van der Waals surface area contributed by atoms with Crippen molar-refractivity contribution in [2.75, 3.05) is 32.5 Å². The van der Waals surface area contributed by atoms with Gasteiger partial charge in [-0.05, 0) is 80.8 Å². The van der Waals surface area contributed by atoms with E-state index in [0.29, 0.717) is 29.7 Å². The molecule has 0 spiro atoms. The predicted octanol–water partition coefficient (Wildman–Crippen LogP) is 4.78. The maximum atomic E-state index is 11.8. The Morgan fingerprint density at radius 2 is 2.03 bits per heavy atom. The van der Waals surface area contributed by atoms with Gasteiger partial charge in [0.25, 0.3) is 0 Å². The van der Waals surface area contributed by atoms with Gasteiger partial charge in [0.1, 0.15) is 5.75 Å². The molecule has 0 unspecified atom stereocenters. The summed E-state index contributed by atoms with van der Waals surface area (Å²) < 4.78 is 5.37. The second-order valence-corrected chi connectivity index (χ2v) is 11.9. The number of methoxy groups -OCH3 is 1. The minimum absolute atomic E-state index is 0.127. The zero-order chi connectivity index (χ0) is 25.5. The Labute approximate surface area is 218 Å². The van der Waals surface area contributed by atoms with Crippen LogP contribution in [0.15, 0.2) is 24.4 Å². The number of aliphatic carboxylic acids is 1. The van der Waals surface area contributed by atoms with Crippen molar-refractivity contribution in [1.82, 2.24) is 9.88 Å². The number of nitrogens with zero attached hydrogens (tertiary/aromatic N) is 2. The van der Waals surface area contributed by atoms with Crippen LogP contribution in [-0.4, -0.2) is 68.9 Å². The number of hydrogen-bond donors (Lipinski definition) is 3. The summed E-state index contributed by atoms with van der Waals surface area (Å²) in [4.78, 5) is 18.7. The van der Waals surface area contributed by atoms with E-state index in [1.807, 2.05) is 18.2 Å². The molecule has 198 valence electrons. The zero-order valence-corrected chi connectivity index (χ0v) is 22.1. The summed E-state index contributed by atoms with van der Waals surface area (Å²) in [5.74, 6) is 1.04. The Morgan fingerprint density at radius 1 is 1.28 bits per heavy atom. The van der Waals surface area contributed by atoms with E-state index in [4.69, 9.17) is 4.74 Å². The van der Waals surface area contributed by atoms with Crippen molar-refractivity contribution in [1.29, 1.82) is 0 Å². The number of hydrogen-bond acceptors (Lipinski definition) is 7. The number of carboxylic acids is 1. The van der Waals surface area contributed by atoms with Gasteiger partial charge in [-0.25, -0.2) is 0 Å². The molecule has 2 aliphatic rings. The number of ether oxygens (including phenoxy) is 1. The third kappa shape index (κ3) is 6.71. The van der Waals surface area contributed by atoms with Crippen molar-refractivity contribution in [3.05, 3.63) is 35.5 Å². The number of aliphatic hydroxyl groups is 2. The number of pyridine rings is 1. The summed E-state index contributed by atoms with van der Waals surface area (Å²) >= 11 is 2.10. The quantitative estimate of drug-likeness (QED) is 0.370. The molecule has 0 amide bonds. The number of carboxylic acid groups (broad SMARTS) is 1. The number of aliphatic hydroxyl groups excluding tert-OH is 2. The maximum absolute atomic E-state index is 11.8. The van der Waals surface area contributed by atoms with Crippen LogP contribution in [0.4, 0.5) is 0 Å². The predicted molar refractivity (Wildman–Crippen MR) is 143 cm³/mol. The van der Waals surface area contributed by atoms with Crippen LogP contribution in [0.1, 0.15) is 75.0 Å². The van der Waals surface area contributed by atoms with Crippen molar-refractivity contribution in [2.45, 2.75) is 75.7 Å². The third-order valence-electron chi connectivity index (χ3n) is 8.16. The fourth-order valence-corrected chi connectivity index (χ4v) is 7.32. The van der Waals surface area contributed by atoms with Gasteiger partial charge in [0.2, 0.25) is 0 Å². The summed E-state index contributed by atoms with van der Waals surface area (Å²) in [6.07, 6.45) is 9.09. The molecule has 1 saturated carbocycles. The molecule has 1 aliphatic heterocycles. The average Bonchev–Trinajstić information content (AvgIpc) is 3.40. The Morgan fingerprint density at radius 3 is 2.69 bits per heavy atom. The number of rotatable bonds is 12. The molecule has 1 atom stereocenters. The van der Waals surface area contributed by atoms with Crippen molar-refractivity contribution in [2.24, 2.45) is 5.41 Å². The van der Waals surface area contributed by atoms with Crippen LogP contribution < -0.4 is 4.74 Å². The molecule has 2 aromatic rings. The van der Waals surface area contributed by atoms with Crippen LogP contribution in [0.25, 0.3) is 10.9 Å². The highest BCUT2D eigenvalue weighted by atomic mass is 32.2. The Kier molecular flexibility index (Phi) is 9.50. The first-order chi connectivity index (χ1) is 17.4. The molecular weight excluding hydrogens is 476 g/mol. The highest BCUT2D eigenvalue weighted by Gasteiger charge is 2.37. The van der Waals surface area contributed by atoms with E-state index in [9.17, 15) is 20.1 Å². The second-order valence-electron chi connectivity index (χ2n) is 10.5. The van der Waals surface area contributed by atoms with E-state index < -0.39 is 12.1 Å². The number of carbonyl (C=O) groups is 1. The summed E-state index contributed by atoms with van der Waals surface area (Å²) in [5.41, 5.74) is 1.66. The van der Waals surface area contributed by atoms with Gasteiger partial charge in [0.15, 0.2) is 0 Å². The smallest absolute Gasteiger partial charge is 0.303 e. The minimum atomic E-state index is -0.823.